The van der Waals surface area contributed by atoms with E-state index in [-0.39, 0.29) is 5.95 Å². The number of rotatable bonds is 5. The molecule has 0 aromatic carbocycles. The summed E-state index contributed by atoms with van der Waals surface area (Å²) >= 11 is 0. The van der Waals surface area contributed by atoms with Crippen molar-refractivity contribution in [1.82, 2.24) is 9.97 Å². The van der Waals surface area contributed by atoms with Gasteiger partial charge in [-0.3, -0.25) is 0 Å². The summed E-state index contributed by atoms with van der Waals surface area (Å²) in [6.07, 6.45) is 0. The summed E-state index contributed by atoms with van der Waals surface area (Å²) in [7, 11) is 0. The van der Waals surface area contributed by atoms with E-state index in [1.54, 1.807) is 19.9 Å². The number of nitrogen functional groups attached to an aromatic ring is 1. The van der Waals surface area contributed by atoms with E-state index in [1.165, 1.54) is 0 Å². The molecule has 0 unspecified atom stereocenters. The molecular weight excluding hydrogens is 206 g/mol. The normalized spacial score (nSPS) is 11.2. The standard InChI is InChI=1S/C10H19N5O/c1-4-12-7-5-8(15-9(11)14-7)13-6-10(2,3)16/h5,16H,4,6H2,1-3H3,(H4,11,12,13,14,15). The van der Waals surface area contributed by atoms with E-state index < -0.39 is 5.60 Å². The number of nitrogens with zero attached hydrogens (tertiary/aromatic N) is 2. The Labute approximate surface area is 95.3 Å². The van der Waals surface area contributed by atoms with Gasteiger partial charge >= 0.3 is 0 Å². The van der Waals surface area contributed by atoms with Crippen LogP contribution in [0.25, 0.3) is 0 Å². The minimum Gasteiger partial charge on any atom is -0.389 e. The zero-order valence-corrected chi connectivity index (χ0v) is 9.91. The van der Waals surface area contributed by atoms with Crippen molar-refractivity contribution in [3.8, 4) is 0 Å². The second-order valence-corrected chi connectivity index (χ2v) is 4.19. The Morgan fingerprint density at radius 2 is 1.88 bits per heavy atom. The number of hydrogen-bond acceptors (Lipinski definition) is 6. The summed E-state index contributed by atoms with van der Waals surface area (Å²) in [6, 6.07) is 1.76. The maximum Gasteiger partial charge on any atom is 0.223 e. The monoisotopic (exact) mass is 225 g/mol. The van der Waals surface area contributed by atoms with Gasteiger partial charge < -0.3 is 21.5 Å². The molecule has 0 aliphatic carbocycles. The molecule has 0 bridgehead atoms. The molecule has 0 atom stereocenters. The molecule has 0 aliphatic rings. The molecular formula is C10H19N5O. The number of hydrogen-bond donors (Lipinski definition) is 4. The zero-order chi connectivity index (χ0) is 12.2. The molecule has 5 N–H and O–H groups in total. The highest BCUT2D eigenvalue weighted by Gasteiger charge is 2.12. The summed E-state index contributed by atoms with van der Waals surface area (Å²) in [5.74, 6) is 1.48. The molecule has 1 aromatic heterocycles. The third-order valence-corrected chi connectivity index (χ3v) is 1.80. The Morgan fingerprint density at radius 3 is 2.38 bits per heavy atom. The number of nitrogens with one attached hydrogen (secondary N) is 2. The highest BCUT2D eigenvalue weighted by Crippen LogP contribution is 2.13. The minimum atomic E-state index is -0.794. The van der Waals surface area contributed by atoms with E-state index in [0.717, 1.165) is 6.54 Å². The maximum absolute atomic E-state index is 9.57. The molecule has 1 rings (SSSR count). The fourth-order valence-electron chi connectivity index (χ4n) is 1.13. The predicted octanol–water partition coefficient (Wildman–Crippen LogP) is 0.673. The predicted molar refractivity (Wildman–Crippen MR) is 65.4 cm³/mol. The zero-order valence-electron chi connectivity index (χ0n) is 9.91. The van der Waals surface area contributed by atoms with Gasteiger partial charge in [-0.15, -0.1) is 0 Å². The van der Waals surface area contributed by atoms with Crippen LogP contribution in [0.3, 0.4) is 0 Å². The van der Waals surface area contributed by atoms with Gasteiger partial charge in [-0.2, -0.15) is 9.97 Å². The molecule has 6 nitrogen and oxygen atoms in total. The van der Waals surface area contributed by atoms with Crippen LogP contribution >= 0.6 is 0 Å². The summed E-state index contributed by atoms with van der Waals surface area (Å²) in [4.78, 5) is 8.04. The van der Waals surface area contributed by atoms with E-state index in [2.05, 4.69) is 20.6 Å². The van der Waals surface area contributed by atoms with E-state index in [9.17, 15) is 5.11 Å². The van der Waals surface area contributed by atoms with Crippen molar-refractivity contribution in [2.75, 3.05) is 29.5 Å². The highest BCUT2D eigenvalue weighted by molar-refractivity contribution is 5.51. The largest absolute Gasteiger partial charge is 0.389 e. The van der Waals surface area contributed by atoms with Gasteiger partial charge in [0, 0.05) is 19.2 Å². The minimum absolute atomic E-state index is 0.205. The molecule has 0 saturated heterocycles. The van der Waals surface area contributed by atoms with Crippen LogP contribution in [0.1, 0.15) is 20.8 Å². The number of nitrogens with two attached hydrogens (primary N) is 1. The number of anilines is 3. The Morgan fingerprint density at radius 1 is 1.31 bits per heavy atom. The van der Waals surface area contributed by atoms with Crippen LogP contribution in [0, 0.1) is 0 Å². The molecule has 6 heteroatoms. The molecule has 1 aromatic rings. The van der Waals surface area contributed by atoms with Gasteiger partial charge in [0.2, 0.25) is 5.95 Å². The molecule has 0 aliphatic heterocycles. The lowest BCUT2D eigenvalue weighted by atomic mass is 10.1. The van der Waals surface area contributed by atoms with E-state index >= 15 is 0 Å². The summed E-state index contributed by atoms with van der Waals surface area (Å²) in [6.45, 7) is 6.57. The van der Waals surface area contributed by atoms with Gasteiger partial charge in [0.05, 0.1) is 5.60 Å². The Balaban J connectivity index is 2.72. The quantitative estimate of drug-likeness (QED) is 0.588. The lowest BCUT2D eigenvalue weighted by molar-refractivity contribution is 0.0944. The van der Waals surface area contributed by atoms with Gasteiger partial charge in [-0.25, -0.2) is 0 Å². The van der Waals surface area contributed by atoms with Gasteiger partial charge in [0.1, 0.15) is 11.6 Å². The third-order valence-electron chi connectivity index (χ3n) is 1.80. The van der Waals surface area contributed by atoms with E-state index in [0.29, 0.717) is 18.2 Å². The topological polar surface area (TPSA) is 96.1 Å². The van der Waals surface area contributed by atoms with Gasteiger partial charge in [0.25, 0.3) is 0 Å². The van der Waals surface area contributed by atoms with Crippen LogP contribution in [0.15, 0.2) is 6.07 Å². The molecule has 16 heavy (non-hydrogen) atoms. The van der Waals surface area contributed by atoms with E-state index in [4.69, 9.17) is 5.73 Å². The van der Waals surface area contributed by atoms with Crippen LogP contribution in [-0.2, 0) is 0 Å². The van der Waals surface area contributed by atoms with Crippen molar-refractivity contribution in [3.63, 3.8) is 0 Å². The first-order valence-corrected chi connectivity index (χ1v) is 5.25. The fourth-order valence-corrected chi connectivity index (χ4v) is 1.13. The van der Waals surface area contributed by atoms with Crippen LogP contribution in [0.5, 0.6) is 0 Å². The Bertz CT molecular complexity index is 348. The van der Waals surface area contributed by atoms with Gasteiger partial charge in [-0.05, 0) is 20.8 Å². The summed E-state index contributed by atoms with van der Waals surface area (Å²) in [5, 5.41) is 15.6. The van der Waals surface area contributed by atoms with Gasteiger partial charge in [-0.1, -0.05) is 0 Å². The van der Waals surface area contributed by atoms with Crippen molar-refractivity contribution < 1.29 is 5.11 Å². The van der Waals surface area contributed by atoms with Gasteiger partial charge in [0.15, 0.2) is 0 Å². The molecule has 90 valence electrons. The van der Waals surface area contributed by atoms with Crippen LogP contribution in [0.4, 0.5) is 17.6 Å². The third kappa shape index (κ3) is 4.31. The first-order valence-electron chi connectivity index (χ1n) is 5.25. The highest BCUT2D eigenvalue weighted by atomic mass is 16.3. The Hall–Kier alpha value is -1.56. The first kappa shape index (κ1) is 12.5. The summed E-state index contributed by atoms with van der Waals surface area (Å²) < 4.78 is 0. The molecule has 0 radical (unpaired) electrons. The lowest BCUT2D eigenvalue weighted by Crippen LogP contribution is -2.29. The molecule has 1 heterocycles. The Kier molecular flexibility index (Phi) is 3.89. The van der Waals surface area contributed by atoms with Crippen LogP contribution < -0.4 is 16.4 Å². The number of aromatic nitrogens is 2. The molecule has 0 spiro atoms. The molecule has 0 saturated carbocycles. The average Bonchev–Trinajstić information content (AvgIpc) is 2.13. The van der Waals surface area contributed by atoms with Crippen molar-refractivity contribution in [1.29, 1.82) is 0 Å². The second-order valence-electron chi connectivity index (χ2n) is 4.19. The average molecular weight is 225 g/mol. The molecule has 0 fully saturated rings. The maximum atomic E-state index is 9.57. The molecule has 0 amide bonds. The number of aliphatic hydroxyl groups is 1. The van der Waals surface area contributed by atoms with Crippen molar-refractivity contribution >= 4 is 17.6 Å². The lowest BCUT2D eigenvalue weighted by Gasteiger charge is -2.18. The first-order chi connectivity index (χ1) is 7.40. The SMILES string of the molecule is CCNc1cc(NCC(C)(C)O)nc(N)n1. The van der Waals surface area contributed by atoms with E-state index in [1.807, 2.05) is 6.92 Å². The second kappa shape index (κ2) is 4.98. The summed E-state index contributed by atoms with van der Waals surface area (Å²) in [5.41, 5.74) is 4.77. The fraction of sp³-hybridized carbons (Fsp3) is 0.600. The van der Waals surface area contributed by atoms with Crippen LogP contribution in [0.2, 0.25) is 0 Å². The van der Waals surface area contributed by atoms with Crippen LogP contribution in [-0.4, -0.2) is 33.8 Å². The van der Waals surface area contributed by atoms with Crippen molar-refractivity contribution in [2.45, 2.75) is 26.4 Å². The van der Waals surface area contributed by atoms with Crippen molar-refractivity contribution in [2.24, 2.45) is 0 Å². The smallest absolute Gasteiger partial charge is 0.223 e. The van der Waals surface area contributed by atoms with Crippen molar-refractivity contribution in [3.05, 3.63) is 6.07 Å².